The molecule has 2 aliphatic rings. The predicted molar refractivity (Wildman–Crippen MR) is 99.6 cm³/mol. The lowest BCUT2D eigenvalue weighted by Gasteiger charge is -2.33. The fourth-order valence-electron chi connectivity index (χ4n) is 4.03. The van der Waals surface area contributed by atoms with Crippen molar-refractivity contribution in [3.05, 3.63) is 34.9 Å². The number of piperidine rings is 1. The third-order valence-corrected chi connectivity index (χ3v) is 5.70. The van der Waals surface area contributed by atoms with Gasteiger partial charge >= 0.3 is 0 Å². The van der Waals surface area contributed by atoms with Crippen LogP contribution in [0.4, 0.5) is 0 Å². The van der Waals surface area contributed by atoms with E-state index in [1.165, 1.54) is 17.5 Å². The minimum Gasteiger partial charge on any atom is -0.346 e. The van der Waals surface area contributed by atoms with Crippen LogP contribution in [0, 0.1) is 5.92 Å². The van der Waals surface area contributed by atoms with E-state index in [9.17, 15) is 9.59 Å². The number of benzene rings is 1. The molecule has 1 heterocycles. The van der Waals surface area contributed by atoms with Crippen molar-refractivity contribution in [2.75, 3.05) is 26.7 Å². The average molecular weight is 342 g/mol. The highest BCUT2D eigenvalue weighted by atomic mass is 16.2. The van der Waals surface area contributed by atoms with Crippen molar-refractivity contribution in [3.63, 3.8) is 0 Å². The Kier molecular flexibility index (Phi) is 5.77. The van der Waals surface area contributed by atoms with Crippen LogP contribution in [-0.4, -0.2) is 48.3 Å². The molecule has 1 saturated heterocycles. The van der Waals surface area contributed by atoms with E-state index in [1.54, 1.807) is 0 Å². The summed E-state index contributed by atoms with van der Waals surface area (Å²) in [6, 6.07) is 6.18. The summed E-state index contributed by atoms with van der Waals surface area (Å²) in [6.45, 7) is 4.35. The van der Waals surface area contributed by atoms with Gasteiger partial charge in [0.25, 0.3) is 5.91 Å². The number of hydrogen-bond donors (Lipinski definition) is 0. The van der Waals surface area contributed by atoms with Gasteiger partial charge in [0, 0.05) is 38.2 Å². The molecule has 1 aromatic rings. The summed E-state index contributed by atoms with van der Waals surface area (Å²) in [5.41, 5.74) is 3.55. The maximum absolute atomic E-state index is 12.8. The first-order valence-corrected chi connectivity index (χ1v) is 9.76. The Hall–Kier alpha value is -1.84. The molecule has 4 nitrogen and oxygen atoms in total. The maximum Gasteiger partial charge on any atom is 0.253 e. The minimum atomic E-state index is 0.0749. The summed E-state index contributed by atoms with van der Waals surface area (Å²) in [6.07, 6.45) is 7.16. The van der Waals surface area contributed by atoms with Gasteiger partial charge in [-0.05, 0) is 61.8 Å². The molecule has 1 aliphatic carbocycles. The first-order chi connectivity index (χ1) is 12.1. The first kappa shape index (κ1) is 18.0. The summed E-state index contributed by atoms with van der Waals surface area (Å²) in [7, 11) is 1.90. The van der Waals surface area contributed by atoms with Crippen molar-refractivity contribution in [1.29, 1.82) is 0 Å². The molecule has 0 saturated carbocycles. The van der Waals surface area contributed by atoms with E-state index >= 15 is 0 Å². The van der Waals surface area contributed by atoms with Crippen LogP contribution >= 0.6 is 0 Å². The summed E-state index contributed by atoms with van der Waals surface area (Å²) >= 11 is 0. The number of carbonyl (C=O) groups is 2. The Balaban J connectivity index is 1.55. The van der Waals surface area contributed by atoms with Crippen LogP contribution in [0.15, 0.2) is 18.2 Å². The molecule has 1 aliphatic heterocycles. The topological polar surface area (TPSA) is 40.6 Å². The summed E-state index contributed by atoms with van der Waals surface area (Å²) in [5.74, 6) is 0.448. The van der Waals surface area contributed by atoms with E-state index in [2.05, 4.69) is 19.1 Å². The standard InChI is InChI=1S/C21H30N2O2/c1-3-4-12-22(2)20(24)17-10-13-23(14-11-17)21(25)19-9-8-16-6-5-7-18(16)15-19/h8-9,15,17H,3-7,10-14H2,1-2H3. The molecule has 0 unspecified atom stereocenters. The van der Waals surface area contributed by atoms with Gasteiger partial charge in [0.05, 0.1) is 0 Å². The Bertz CT molecular complexity index is 633. The zero-order chi connectivity index (χ0) is 17.8. The Morgan fingerprint density at radius 3 is 2.60 bits per heavy atom. The van der Waals surface area contributed by atoms with Crippen LogP contribution < -0.4 is 0 Å². The third-order valence-electron chi connectivity index (χ3n) is 5.70. The predicted octanol–water partition coefficient (Wildman–Crippen LogP) is 3.29. The SMILES string of the molecule is CCCCN(C)C(=O)C1CCN(C(=O)c2ccc3c(c2)CCC3)CC1. The van der Waals surface area contributed by atoms with Crippen molar-refractivity contribution in [2.45, 2.75) is 51.9 Å². The van der Waals surface area contributed by atoms with Crippen LogP contribution in [0.5, 0.6) is 0 Å². The molecule has 2 amide bonds. The summed E-state index contributed by atoms with van der Waals surface area (Å²) in [5, 5.41) is 0. The van der Waals surface area contributed by atoms with Gasteiger partial charge < -0.3 is 9.80 Å². The lowest BCUT2D eigenvalue weighted by Crippen LogP contribution is -2.43. The quantitative estimate of drug-likeness (QED) is 0.824. The van der Waals surface area contributed by atoms with Gasteiger partial charge in [-0.25, -0.2) is 0 Å². The highest BCUT2D eigenvalue weighted by Crippen LogP contribution is 2.25. The van der Waals surface area contributed by atoms with E-state index in [1.807, 2.05) is 22.9 Å². The van der Waals surface area contributed by atoms with Crippen molar-refractivity contribution < 1.29 is 9.59 Å². The van der Waals surface area contributed by atoms with Gasteiger partial charge in [0.15, 0.2) is 0 Å². The van der Waals surface area contributed by atoms with Gasteiger partial charge in [-0.1, -0.05) is 19.4 Å². The molecule has 0 bridgehead atoms. The average Bonchev–Trinajstić information content (AvgIpc) is 3.12. The maximum atomic E-state index is 12.8. The van der Waals surface area contributed by atoms with Crippen LogP contribution in [0.1, 0.15) is 60.5 Å². The molecule has 1 aromatic carbocycles. The smallest absolute Gasteiger partial charge is 0.253 e. The van der Waals surface area contributed by atoms with Crippen LogP contribution in [0.2, 0.25) is 0 Å². The molecular weight excluding hydrogens is 312 g/mol. The molecule has 0 N–H and O–H groups in total. The number of unbranched alkanes of at least 4 members (excludes halogenated alkanes) is 1. The second-order valence-electron chi connectivity index (χ2n) is 7.52. The summed E-state index contributed by atoms with van der Waals surface area (Å²) < 4.78 is 0. The fraction of sp³-hybridized carbons (Fsp3) is 0.619. The molecule has 0 spiro atoms. The van der Waals surface area contributed by atoms with Crippen LogP contribution in [0.25, 0.3) is 0 Å². The fourth-order valence-corrected chi connectivity index (χ4v) is 4.03. The molecule has 136 valence electrons. The third kappa shape index (κ3) is 4.05. The molecule has 25 heavy (non-hydrogen) atoms. The van der Waals surface area contributed by atoms with Gasteiger partial charge in [0.2, 0.25) is 5.91 Å². The Labute approximate surface area is 151 Å². The number of aryl methyl sites for hydroxylation is 2. The molecule has 0 aromatic heterocycles. The van der Waals surface area contributed by atoms with Crippen LogP contribution in [0.3, 0.4) is 0 Å². The molecule has 4 heteroatoms. The lowest BCUT2D eigenvalue weighted by atomic mass is 9.94. The molecular formula is C21H30N2O2. The normalized spacial score (nSPS) is 17.4. The highest BCUT2D eigenvalue weighted by Gasteiger charge is 2.29. The number of carbonyl (C=O) groups excluding carboxylic acids is 2. The second-order valence-corrected chi connectivity index (χ2v) is 7.52. The number of amides is 2. The van der Waals surface area contributed by atoms with Gasteiger partial charge in [-0.15, -0.1) is 0 Å². The minimum absolute atomic E-state index is 0.0749. The van der Waals surface area contributed by atoms with Gasteiger partial charge in [0.1, 0.15) is 0 Å². The number of fused-ring (bicyclic) bond motifs is 1. The monoisotopic (exact) mass is 342 g/mol. The second kappa shape index (κ2) is 8.03. The van der Waals surface area contributed by atoms with E-state index in [0.29, 0.717) is 13.1 Å². The largest absolute Gasteiger partial charge is 0.346 e. The molecule has 3 rings (SSSR count). The van der Waals surface area contributed by atoms with Crippen molar-refractivity contribution in [2.24, 2.45) is 5.92 Å². The van der Waals surface area contributed by atoms with Crippen molar-refractivity contribution in [1.82, 2.24) is 9.80 Å². The van der Waals surface area contributed by atoms with Gasteiger partial charge in [-0.3, -0.25) is 9.59 Å². The Morgan fingerprint density at radius 1 is 1.16 bits per heavy atom. The van der Waals surface area contributed by atoms with Crippen molar-refractivity contribution in [3.8, 4) is 0 Å². The van der Waals surface area contributed by atoms with Gasteiger partial charge in [-0.2, -0.15) is 0 Å². The summed E-state index contributed by atoms with van der Waals surface area (Å²) in [4.78, 5) is 29.1. The zero-order valence-electron chi connectivity index (χ0n) is 15.6. The lowest BCUT2D eigenvalue weighted by molar-refractivity contribution is -0.135. The Morgan fingerprint density at radius 2 is 1.88 bits per heavy atom. The zero-order valence-corrected chi connectivity index (χ0v) is 15.6. The van der Waals surface area contributed by atoms with E-state index in [4.69, 9.17) is 0 Å². The first-order valence-electron chi connectivity index (χ1n) is 9.76. The van der Waals surface area contributed by atoms with E-state index in [0.717, 1.165) is 50.6 Å². The molecule has 1 fully saturated rings. The number of likely N-dealkylation sites (tertiary alicyclic amines) is 1. The highest BCUT2D eigenvalue weighted by molar-refractivity contribution is 5.94. The van der Waals surface area contributed by atoms with E-state index < -0.39 is 0 Å². The number of nitrogens with zero attached hydrogens (tertiary/aromatic N) is 2. The van der Waals surface area contributed by atoms with Crippen molar-refractivity contribution >= 4 is 11.8 Å². The molecule has 0 radical (unpaired) electrons. The number of hydrogen-bond acceptors (Lipinski definition) is 2. The number of rotatable bonds is 5. The molecule has 0 atom stereocenters. The van der Waals surface area contributed by atoms with E-state index in [-0.39, 0.29) is 17.7 Å². The van der Waals surface area contributed by atoms with Crippen LogP contribution in [-0.2, 0) is 17.6 Å².